The second-order valence-corrected chi connectivity index (χ2v) is 32.1. The molecule has 0 rings (SSSR count). The fraction of sp³-hybridized carbons (Fsp3) is 1.00. The van der Waals surface area contributed by atoms with Crippen LogP contribution in [0.3, 0.4) is 0 Å². The summed E-state index contributed by atoms with van der Waals surface area (Å²) in [5.41, 5.74) is 0. The standard InChI is InChI=1S/4C8H20O7P2.2Ca.4H/c4*1-2-3-4-5-6-7-8(9,16(10,11)12)17(13,14)15;;;;;;/h4*9H,2-7H2,1H3,(H2,10,11,12)(H2,13,14,15);;;;;;/q;;;;2*+2;4*-1. The van der Waals surface area contributed by atoms with E-state index in [4.69, 9.17) is 78.3 Å². The van der Waals surface area contributed by atoms with Gasteiger partial charge in [-0.1, -0.05) is 130 Å². The van der Waals surface area contributed by atoms with Crippen LogP contribution < -0.4 is 0 Å². The molecule has 0 heterocycles. The predicted molar refractivity (Wildman–Crippen MR) is 266 cm³/mol. The molecule has 38 heteroatoms. The van der Waals surface area contributed by atoms with Crippen LogP contribution in [0, 0.1) is 0 Å². The van der Waals surface area contributed by atoms with E-state index in [1.165, 1.54) is 0 Å². The summed E-state index contributed by atoms with van der Waals surface area (Å²) in [4.78, 5) is 142. The van der Waals surface area contributed by atoms with Gasteiger partial charge in [0, 0.05) is 0 Å². The molecule has 0 fully saturated rings. The summed E-state index contributed by atoms with van der Waals surface area (Å²) < 4.78 is 87.8. The monoisotopic (exact) mass is 1240 g/mol. The number of rotatable bonds is 32. The SMILES string of the molecule is CCCCCCCC(O)(P(=O)(O)O)P(=O)(O)O.CCCCCCCC(O)(P(=O)(O)O)P(=O)(O)O.CCCCCCCC(O)(P(=O)(O)O)P(=O)(O)O.CCCCCCCC(O)(P(=O)(O)O)P(=O)(O)O.[Ca+2].[Ca+2].[H-].[H-].[H-].[H-]. The van der Waals surface area contributed by atoms with Crippen molar-refractivity contribution in [2.75, 3.05) is 0 Å². The molecule has 70 heavy (non-hydrogen) atoms. The Morgan fingerprint density at radius 3 is 0.429 bits per heavy atom. The van der Waals surface area contributed by atoms with Crippen molar-refractivity contribution in [2.45, 2.75) is 202 Å². The molecule has 424 valence electrons. The normalized spacial score (nSPS) is 13.6. The molecule has 0 aliphatic heterocycles. The average Bonchev–Trinajstić information content (AvgIpc) is 3.14. The molecule has 0 saturated carbocycles. The Morgan fingerprint density at radius 2 is 0.343 bits per heavy atom. The molecule has 20 N–H and O–H groups in total. The van der Waals surface area contributed by atoms with E-state index in [0.29, 0.717) is 25.7 Å². The number of aliphatic hydroxyl groups is 4. The zero-order valence-corrected chi connectivity index (χ0v) is 51.7. The fourth-order valence-electron chi connectivity index (χ4n) is 5.71. The smallest absolute Gasteiger partial charge is 1.00 e. The van der Waals surface area contributed by atoms with Gasteiger partial charge in [0.25, 0.3) is 20.3 Å². The van der Waals surface area contributed by atoms with Crippen LogP contribution in [-0.2, 0) is 36.5 Å². The molecule has 0 aromatic carbocycles. The van der Waals surface area contributed by atoms with Gasteiger partial charge >= 0.3 is 136 Å². The maximum atomic E-state index is 11.0. The minimum Gasteiger partial charge on any atom is -1.00 e. The third-order valence-corrected chi connectivity index (χ3v) is 25.7. The molecule has 0 aliphatic rings. The van der Waals surface area contributed by atoms with Gasteiger partial charge in [-0.05, 0) is 51.4 Å². The van der Waals surface area contributed by atoms with Crippen molar-refractivity contribution in [1.82, 2.24) is 0 Å². The minimum atomic E-state index is -5.27. The van der Waals surface area contributed by atoms with Gasteiger partial charge in [0.1, 0.15) is 0 Å². The molecule has 0 bridgehead atoms. The summed E-state index contributed by atoms with van der Waals surface area (Å²) in [5, 5.41) is 25.1. The van der Waals surface area contributed by atoms with Crippen LogP contribution in [0.15, 0.2) is 0 Å². The summed E-state index contributed by atoms with van der Waals surface area (Å²) in [5.74, 6) is 0. The molecule has 0 aliphatic carbocycles. The van der Waals surface area contributed by atoms with E-state index in [-0.39, 0.29) is 107 Å². The van der Waals surface area contributed by atoms with Crippen molar-refractivity contribution in [3.8, 4) is 0 Å². The molecule has 0 atom stereocenters. The van der Waals surface area contributed by atoms with E-state index in [2.05, 4.69) is 0 Å². The molecule has 0 spiro atoms. The van der Waals surface area contributed by atoms with Crippen LogP contribution in [0.2, 0.25) is 0 Å². The van der Waals surface area contributed by atoms with Crippen molar-refractivity contribution < 1.29 is 141 Å². The Bertz CT molecular complexity index is 1470. The molecular weight excluding hydrogens is 1160 g/mol. The molecule has 0 saturated heterocycles. The van der Waals surface area contributed by atoms with Gasteiger partial charge in [-0.2, -0.15) is 0 Å². The van der Waals surface area contributed by atoms with E-state index in [0.717, 1.165) is 77.0 Å². The van der Waals surface area contributed by atoms with Gasteiger partial charge in [-0.3, -0.25) is 36.5 Å². The molecule has 28 nitrogen and oxygen atoms in total. The molecule has 0 aromatic heterocycles. The van der Waals surface area contributed by atoms with Crippen molar-refractivity contribution in [1.29, 1.82) is 0 Å². The van der Waals surface area contributed by atoms with Gasteiger partial charge in [0.15, 0.2) is 0 Å². The molecule has 0 aromatic rings. The number of hydrogen-bond acceptors (Lipinski definition) is 12. The van der Waals surface area contributed by atoms with E-state index >= 15 is 0 Å². The topological polar surface area (TPSA) is 541 Å². The number of unbranched alkanes of at least 4 members (excludes halogenated alkanes) is 16. The van der Waals surface area contributed by atoms with Crippen LogP contribution in [0.5, 0.6) is 0 Å². The summed E-state index contributed by atoms with van der Waals surface area (Å²) in [7, 11) is -42.2. The zero-order chi connectivity index (χ0) is 55.0. The van der Waals surface area contributed by atoms with Gasteiger partial charge in [0.05, 0.1) is 0 Å². The Kier molecular flexibility index (Phi) is 45.4. The van der Waals surface area contributed by atoms with Crippen molar-refractivity contribution in [2.24, 2.45) is 0 Å². The fourth-order valence-corrected chi connectivity index (χ4v) is 14.7. The van der Waals surface area contributed by atoms with Crippen LogP contribution in [-0.4, -0.2) is 195 Å². The zero-order valence-electron chi connectivity index (χ0n) is 44.2. The summed E-state index contributed by atoms with van der Waals surface area (Å²) in [6.45, 7) is 7.95. The molecule has 0 amide bonds. The van der Waals surface area contributed by atoms with Crippen LogP contribution >= 0.6 is 60.8 Å². The largest absolute Gasteiger partial charge is 2.00 e. The van der Waals surface area contributed by atoms with E-state index in [1.54, 1.807) is 0 Å². The van der Waals surface area contributed by atoms with E-state index in [1.807, 2.05) is 27.7 Å². The van der Waals surface area contributed by atoms with Crippen molar-refractivity contribution >= 4 is 136 Å². The maximum absolute atomic E-state index is 11.0. The quantitative estimate of drug-likeness (QED) is 0.0237. The second kappa shape index (κ2) is 37.5. The Labute approximate surface area is 475 Å². The van der Waals surface area contributed by atoms with Crippen molar-refractivity contribution in [3.63, 3.8) is 0 Å². The molecule has 0 radical (unpaired) electrons. The minimum absolute atomic E-state index is 0. The second-order valence-electron chi connectivity index (χ2n) is 16.1. The molecule has 0 unspecified atom stereocenters. The first-order valence-electron chi connectivity index (χ1n) is 21.6. The Morgan fingerprint density at radius 1 is 0.243 bits per heavy atom. The molecular formula is C32H84Ca2O28P8. The summed E-state index contributed by atoms with van der Waals surface area (Å²) in [6.07, 6.45) is 11.3. The van der Waals surface area contributed by atoms with Crippen LogP contribution in [0.4, 0.5) is 0 Å². The third kappa shape index (κ3) is 30.8. The van der Waals surface area contributed by atoms with Gasteiger partial charge < -0.3 is 104 Å². The summed E-state index contributed by atoms with van der Waals surface area (Å²) in [6, 6.07) is 0. The van der Waals surface area contributed by atoms with Gasteiger partial charge in [-0.15, -0.1) is 0 Å². The third-order valence-electron chi connectivity index (χ3n) is 10.2. The van der Waals surface area contributed by atoms with Gasteiger partial charge in [-0.25, -0.2) is 0 Å². The Balaban J connectivity index is -0.0000000898. The van der Waals surface area contributed by atoms with Crippen LogP contribution in [0.25, 0.3) is 0 Å². The first-order chi connectivity index (χ1) is 30.2. The summed E-state index contributed by atoms with van der Waals surface area (Å²) >= 11 is 0. The number of hydrogen-bond donors (Lipinski definition) is 20. The van der Waals surface area contributed by atoms with Gasteiger partial charge in [0.2, 0.25) is 0 Å². The Hall–Kier alpha value is 3.56. The predicted octanol–water partition coefficient (Wildman–Crippen LogP) is 5.08. The van der Waals surface area contributed by atoms with E-state index in [9.17, 15) is 56.9 Å². The first kappa shape index (κ1) is 84.9. The average molecular weight is 1240 g/mol. The van der Waals surface area contributed by atoms with E-state index < -0.39 is 107 Å². The maximum Gasteiger partial charge on any atom is 2.00 e. The first-order valence-corrected chi connectivity index (χ1v) is 34.5. The van der Waals surface area contributed by atoms with Crippen molar-refractivity contribution in [3.05, 3.63) is 0 Å². The van der Waals surface area contributed by atoms with Crippen LogP contribution in [0.1, 0.15) is 188 Å².